The van der Waals surface area contributed by atoms with Gasteiger partial charge in [-0.05, 0) is 0 Å². The van der Waals surface area contributed by atoms with Crippen LogP contribution in [0.1, 0.15) is 25.0 Å². The minimum absolute atomic E-state index is 0. The first kappa shape index (κ1) is 24.7. The predicted octanol–water partition coefficient (Wildman–Crippen LogP) is -4.62. The standard InChI is InChI=1S/C17H23Si.3ClH.Ti/c1-12-9-13(2)11-16(10-12)18(5,6)17-8-7-14(3)15(17)4;;;;/h7-11H,1-6H3;3*1H;/q;;;;+3/p-3. The zero-order valence-electron chi connectivity index (χ0n) is 14.0. The van der Waals surface area contributed by atoms with E-state index in [0.717, 1.165) is 0 Å². The second-order valence-corrected chi connectivity index (χ2v) is 13.1. The molecule has 0 nitrogen and oxygen atoms in total. The van der Waals surface area contributed by atoms with Gasteiger partial charge >= 0.3 is 130 Å². The molecule has 0 N–H and O–H groups in total. The summed E-state index contributed by atoms with van der Waals surface area (Å²) in [5, 5.41) is 1.58. The average molecular weight is 410 g/mol. The second-order valence-electron chi connectivity index (χ2n) is 6.45. The first-order chi connectivity index (χ1) is 8.68. The molecule has 1 aliphatic carbocycles. The van der Waals surface area contributed by atoms with Gasteiger partial charge in [-0.25, -0.2) is 0 Å². The smallest absolute Gasteiger partial charge is 1.00 e. The normalized spacial score (nSPS) is 20.2. The number of allylic oxidation sites excluding steroid dienone is 4. The van der Waals surface area contributed by atoms with E-state index in [9.17, 15) is 0 Å². The van der Waals surface area contributed by atoms with Gasteiger partial charge in [0.1, 0.15) is 0 Å². The van der Waals surface area contributed by atoms with Crippen LogP contribution in [0, 0.1) is 13.8 Å². The van der Waals surface area contributed by atoms with Crippen molar-refractivity contribution in [1.29, 1.82) is 0 Å². The molecule has 0 fully saturated rings. The van der Waals surface area contributed by atoms with E-state index >= 15 is 0 Å². The third kappa shape index (κ3) is 4.12. The molecule has 0 spiro atoms. The fraction of sp³-hybridized carbons (Fsp3) is 0.412. The zero-order valence-corrected chi connectivity index (χ0v) is 18.8. The van der Waals surface area contributed by atoms with Crippen molar-refractivity contribution in [3.8, 4) is 0 Å². The molecule has 0 saturated heterocycles. The van der Waals surface area contributed by atoms with Crippen molar-refractivity contribution in [3.05, 3.63) is 52.6 Å². The third-order valence-electron chi connectivity index (χ3n) is 4.70. The van der Waals surface area contributed by atoms with E-state index in [1.165, 1.54) is 16.7 Å². The minimum Gasteiger partial charge on any atom is -1.00 e. The molecule has 1 unspecified atom stereocenters. The Kier molecular flexibility index (Phi) is 9.62. The molecule has 2 rings (SSSR count). The maximum absolute atomic E-state index is 2.51. The number of hydrogen-bond donors (Lipinski definition) is 0. The van der Waals surface area contributed by atoms with Crippen molar-refractivity contribution in [2.45, 2.75) is 44.1 Å². The Hall–Kier alpha value is 0.501. The van der Waals surface area contributed by atoms with E-state index in [1.807, 2.05) is 0 Å². The largest absolute Gasteiger partial charge is 1.00 e. The Morgan fingerprint density at radius 3 is 1.68 bits per heavy atom. The van der Waals surface area contributed by atoms with E-state index in [4.69, 9.17) is 0 Å². The quantitative estimate of drug-likeness (QED) is 0.431. The minimum atomic E-state index is -1.58. The second kappa shape index (κ2) is 8.56. The van der Waals surface area contributed by atoms with Crippen LogP contribution in [0.2, 0.25) is 16.4 Å². The Morgan fingerprint density at radius 1 is 0.864 bits per heavy atom. The number of aryl methyl sites for hydroxylation is 2. The van der Waals surface area contributed by atoms with E-state index < -0.39 is 8.07 Å². The SMILES string of the molecule is CC1=C(C)[C]([Ti+3])([Si](C)(C)c2cc(C)cc(C)c2)C=C1.[Cl-].[Cl-].[Cl-]. The van der Waals surface area contributed by atoms with Crippen LogP contribution in [0.15, 0.2) is 41.5 Å². The molecule has 5 heteroatoms. The van der Waals surface area contributed by atoms with Crippen LogP contribution >= 0.6 is 0 Å². The van der Waals surface area contributed by atoms with Crippen molar-refractivity contribution < 1.29 is 57.7 Å². The number of rotatable bonds is 2. The van der Waals surface area contributed by atoms with Crippen molar-refractivity contribution >= 4 is 13.3 Å². The van der Waals surface area contributed by atoms with Crippen molar-refractivity contribution in [3.63, 3.8) is 0 Å². The van der Waals surface area contributed by atoms with Crippen LogP contribution in [-0.2, 0) is 20.4 Å². The van der Waals surface area contributed by atoms with Gasteiger partial charge in [0.05, 0.1) is 0 Å². The maximum Gasteiger partial charge on any atom is -1.00 e. The predicted molar refractivity (Wildman–Crippen MR) is 83.2 cm³/mol. The van der Waals surface area contributed by atoms with Crippen molar-refractivity contribution in [2.75, 3.05) is 0 Å². The van der Waals surface area contributed by atoms with Gasteiger partial charge in [0, 0.05) is 0 Å². The molecule has 22 heavy (non-hydrogen) atoms. The zero-order chi connectivity index (χ0) is 14.4. The fourth-order valence-electron chi connectivity index (χ4n) is 3.05. The van der Waals surface area contributed by atoms with Gasteiger partial charge in [0.25, 0.3) is 0 Å². The van der Waals surface area contributed by atoms with Crippen LogP contribution in [0.4, 0.5) is 0 Å². The van der Waals surface area contributed by atoms with Crippen LogP contribution in [0.3, 0.4) is 0 Å². The summed E-state index contributed by atoms with van der Waals surface area (Å²) in [5.41, 5.74) is 5.79. The summed E-state index contributed by atoms with van der Waals surface area (Å²) in [6.45, 7) is 14.0. The summed E-state index contributed by atoms with van der Waals surface area (Å²) in [7, 11) is -1.58. The van der Waals surface area contributed by atoms with Crippen molar-refractivity contribution in [2.24, 2.45) is 0 Å². The van der Waals surface area contributed by atoms with Gasteiger partial charge in [-0.3, -0.25) is 0 Å². The van der Waals surface area contributed by atoms with E-state index in [-0.39, 0.29) is 40.6 Å². The van der Waals surface area contributed by atoms with Crippen LogP contribution in [0.25, 0.3) is 0 Å². The number of halogens is 3. The first-order valence-corrected chi connectivity index (χ1v) is 10.7. The molecule has 120 valence electrons. The van der Waals surface area contributed by atoms with Crippen LogP contribution in [-0.4, -0.2) is 8.07 Å². The maximum atomic E-state index is 2.51. The summed E-state index contributed by atoms with van der Waals surface area (Å²) in [6.07, 6.45) is 4.76. The Morgan fingerprint density at radius 2 is 1.32 bits per heavy atom. The summed E-state index contributed by atoms with van der Waals surface area (Å²) in [6, 6.07) is 7.08. The molecule has 0 heterocycles. The summed E-state index contributed by atoms with van der Waals surface area (Å²) in [5.74, 6) is 0. The molecule has 0 saturated carbocycles. The Bertz CT molecular complexity index is 573. The van der Waals surface area contributed by atoms with Gasteiger partial charge in [-0.15, -0.1) is 0 Å². The fourth-order valence-corrected chi connectivity index (χ4v) is 7.43. The van der Waals surface area contributed by atoms with E-state index in [1.54, 1.807) is 10.8 Å². The van der Waals surface area contributed by atoms with E-state index in [2.05, 4.69) is 91.6 Å². The van der Waals surface area contributed by atoms with Gasteiger partial charge in [0.15, 0.2) is 0 Å². The molecule has 0 amide bonds. The van der Waals surface area contributed by atoms with Crippen LogP contribution in [0.5, 0.6) is 0 Å². The van der Waals surface area contributed by atoms with Gasteiger partial charge in [-0.1, -0.05) is 0 Å². The average Bonchev–Trinajstić information content (AvgIpc) is 2.57. The van der Waals surface area contributed by atoms with Crippen molar-refractivity contribution in [1.82, 2.24) is 0 Å². The summed E-state index contributed by atoms with van der Waals surface area (Å²) in [4.78, 5) is 0. The van der Waals surface area contributed by atoms with Crippen LogP contribution < -0.4 is 42.4 Å². The Labute approximate surface area is 166 Å². The monoisotopic (exact) mass is 408 g/mol. The molecule has 1 aliphatic rings. The molecule has 0 radical (unpaired) electrons. The summed E-state index contributed by atoms with van der Waals surface area (Å²) < 4.78 is 0.247. The van der Waals surface area contributed by atoms with Gasteiger partial charge in [-0.2, -0.15) is 0 Å². The molecule has 0 aliphatic heterocycles. The van der Waals surface area contributed by atoms with Gasteiger partial charge < -0.3 is 37.2 Å². The summed E-state index contributed by atoms with van der Waals surface area (Å²) >= 11 is 2.43. The topological polar surface area (TPSA) is 0 Å². The Balaban J connectivity index is 0. The first-order valence-electron chi connectivity index (χ1n) is 6.89. The molecule has 1 atom stereocenters. The number of hydrogen-bond acceptors (Lipinski definition) is 0. The molecular weight excluding hydrogens is 386 g/mol. The molecule has 1 aromatic carbocycles. The molecule has 1 aromatic rings. The third-order valence-corrected chi connectivity index (χ3v) is 12.7. The molecule has 0 aromatic heterocycles. The molecule has 0 bridgehead atoms. The number of benzene rings is 1. The van der Waals surface area contributed by atoms with E-state index in [0.29, 0.717) is 0 Å². The molecular formula is C17H23Cl3SiTi. The van der Waals surface area contributed by atoms with Gasteiger partial charge in [0.2, 0.25) is 0 Å².